The first-order valence-electron chi connectivity index (χ1n) is 9.82. The van der Waals surface area contributed by atoms with E-state index in [1.54, 1.807) is 11.3 Å². The van der Waals surface area contributed by atoms with Crippen LogP contribution in [0.4, 0.5) is 4.79 Å². The maximum Gasteiger partial charge on any atom is 0.329 e. The lowest BCUT2D eigenvalue weighted by Crippen LogP contribution is -3.10. The van der Waals surface area contributed by atoms with Gasteiger partial charge in [0.2, 0.25) is 0 Å². The van der Waals surface area contributed by atoms with Crippen LogP contribution in [0.2, 0.25) is 0 Å². The average Bonchev–Trinajstić information content (AvgIpc) is 3.08. The molecule has 2 aromatic rings. The Morgan fingerprint density at radius 2 is 1.93 bits per heavy atom. The molecule has 2 N–H and O–H groups in total. The minimum absolute atomic E-state index is 0.0368. The third kappa shape index (κ3) is 3.34. The smallest absolute Gasteiger partial charge is 0.323 e. The predicted molar refractivity (Wildman–Crippen MR) is 106 cm³/mol. The minimum Gasteiger partial charge on any atom is -0.323 e. The molecule has 27 heavy (non-hydrogen) atoms. The van der Waals surface area contributed by atoms with E-state index >= 15 is 0 Å². The average molecular weight is 388 g/mol. The molecule has 3 amide bonds. The number of rotatable bonds is 4. The predicted octanol–water partition coefficient (Wildman–Crippen LogP) is 2.47. The van der Waals surface area contributed by atoms with Crippen LogP contribution in [0.3, 0.4) is 0 Å². The quantitative estimate of drug-likeness (QED) is 0.792. The Morgan fingerprint density at radius 3 is 2.63 bits per heavy atom. The molecule has 144 valence electrons. The van der Waals surface area contributed by atoms with Crippen molar-refractivity contribution in [2.45, 2.75) is 57.0 Å². The largest absolute Gasteiger partial charge is 0.329 e. The highest BCUT2D eigenvalue weighted by molar-refractivity contribution is 7.18. The molecule has 6 nitrogen and oxygen atoms in total. The van der Waals surface area contributed by atoms with Crippen LogP contribution >= 0.6 is 11.3 Å². The van der Waals surface area contributed by atoms with Crippen molar-refractivity contribution in [1.29, 1.82) is 0 Å². The van der Waals surface area contributed by atoms with Gasteiger partial charge in [0.05, 0.1) is 17.3 Å². The van der Waals surface area contributed by atoms with Crippen molar-refractivity contribution in [3.63, 3.8) is 0 Å². The second-order valence-corrected chi connectivity index (χ2v) is 8.97. The van der Waals surface area contributed by atoms with Gasteiger partial charge in [-0.15, -0.1) is 11.3 Å². The Morgan fingerprint density at radius 1 is 1.22 bits per heavy atom. The maximum atomic E-state index is 13.1. The number of amides is 3. The third-order valence-corrected chi connectivity index (χ3v) is 7.25. The zero-order valence-electron chi connectivity index (χ0n) is 16.0. The van der Waals surface area contributed by atoms with Gasteiger partial charge in [0.15, 0.2) is 11.7 Å². The van der Waals surface area contributed by atoms with Gasteiger partial charge in [0, 0.05) is 0 Å². The Labute approximate surface area is 163 Å². The molecule has 0 radical (unpaired) electrons. The molecule has 0 bridgehead atoms. The SMILES string of the molecule is C[C@H](c1nc2ccccc2s1)[NH+](C)CN1C(=O)NC2(CCCCCC2)C1=O. The summed E-state index contributed by atoms with van der Waals surface area (Å²) in [5, 5.41) is 4.06. The van der Waals surface area contributed by atoms with Crippen molar-refractivity contribution in [2.75, 3.05) is 13.7 Å². The Bertz CT molecular complexity index is 824. The van der Waals surface area contributed by atoms with Gasteiger partial charge in [0.1, 0.15) is 11.6 Å². The van der Waals surface area contributed by atoms with Crippen molar-refractivity contribution < 1.29 is 14.5 Å². The summed E-state index contributed by atoms with van der Waals surface area (Å²) in [6.45, 7) is 2.47. The number of hydrogen-bond acceptors (Lipinski definition) is 4. The second-order valence-electron chi connectivity index (χ2n) is 7.91. The number of para-hydroxylation sites is 1. The van der Waals surface area contributed by atoms with Crippen LogP contribution in [0.25, 0.3) is 10.2 Å². The van der Waals surface area contributed by atoms with E-state index in [2.05, 4.69) is 18.3 Å². The van der Waals surface area contributed by atoms with Gasteiger partial charge in [-0.05, 0) is 31.9 Å². The van der Waals surface area contributed by atoms with E-state index in [-0.39, 0.29) is 18.0 Å². The van der Waals surface area contributed by atoms with Crippen molar-refractivity contribution in [2.24, 2.45) is 0 Å². The summed E-state index contributed by atoms with van der Waals surface area (Å²) in [6, 6.07) is 7.97. The molecule has 7 heteroatoms. The molecule has 1 saturated heterocycles. The van der Waals surface area contributed by atoms with Gasteiger partial charge < -0.3 is 10.2 Å². The summed E-state index contributed by atoms with van der Waals surface area (Å²) in [6.07, 6.45) is 5.83. The van der Waals surface area contributed by atoms with Crippen LogP contribution in [0, 0.1) is 0 Å². The summed E-state index contributed by atoms with van der Waals surface area (Å²) in [5.41, 5.74) is 0.344. The summed E-state index contributed by atoms with van der Waals surface area (Å²) < 4.78 is 1.17. The van der Waals surface area contributed by atoms with Gasteiger partial charge in [-0.2, -0.15) is 0 Å². The third-order valence-electron chi connectivity index (χ3n) is 6.03. The minimum atomic E-state index is -0.660. The molecule has 1 aliphatic heterocycles. The highest BCUT2D eigenvalue weighted by Crippen LogP contribution is 2.32. The van der Waals surface area contributed by atoms with Crippen molar-refractivity contribution >= 4 is 33.5 Å². The molecule has 2 fully saturated rings. The number of nitrogens with one attached hydrogen (secondary N) is 2. The Kier molecular flexibility index (Phi) is 4.90. The highest BCUT2D eigenvalue weighted by Gasteiger charge is 2.51. The molecule has 1 aliphatic carbocycles. The summed E-state index contributed by atoms with van der Waals surface area (Å²) in [7, 11) is 2.02. The highest BCUT2D eigenvalue weighted by atomic mass is 32.1. The molecule has 2 heterocycles. The number of urea groups is 1. The van der Waals surface area contributed by atoms with E-state index < -0.39 is 5.54 Å². The van der Waals surface area contributed by atoms with E-state index in [0.717, 1.165) is 53.9 Å². The lowest BCUT2D eigenvalue weighted by atomic mass is 9.90. The number of carbonyl (C=O) groups excluding carboxylic acids is 2. The van der Waals surface area contributed by atoms with E-state index in [1.807, 2.05) is 25.2 Å². The first-order chi connectivity index (χ1) is 13.0. The zero-order chi connectivity index (χ0) is 19.0. The van der Waals surface area contributed by atoms with Gasteiger partial charge in [-0.25, -0.2) is 14.7 Å². The van der Waals surface area contributed by atoms with E-state index in [9.17, 15) is 9.59 Å². The molecule has 1 aromatic carbocycles. The van der Waals surface area contributed by atoms with Crippen LogP contribution in [-0.2, 0) is 4.79 Å². The van der Waals surface area contributed by atoms with Crippen molar-refractivity contribution in [1.82, 2.24) is 15.2 Å². The van der Waals surface area contributed by atoms with E-state index in [1.165, 1.54) is 9.60 Å². The van der Waals surface area contributed by atoms with Crippen LogP contribution < -0.4 is 10.2 Å². The molecule has 2 atom stereocenters. The van der Waals surface area contributed by atoms with Crippen LogP contribution in [-0.4, -0.2) is 41.1 Å². The molecule has 1 spiro atoms. The van der Waals surface area contributed by atoms with E-state index in [4.69, 9.17) is 4.98 Å². The summed E-state index contributed by atoms with van der Waals surface area (Å²) in [4.78, 5) is 32.9. The molecule has 1 aromatic heterocycles. The topological polar surface area (TPSA) is 66.7 Å². The van der Waals surface area contributed by atoms with E-state index in [0.29, 0.717) is 6.67 Å². The van der Waals surface area contributed by atoms with Gasteiger partial charge in [-0.3, -0.25) is 4.79 Å². The number of carbonyl (C=O) groups is 2. The number of quaternary nitrogens is 1. The molecule has 4 rings (SSSR count). The van der Waals surface area contributed by atoms with Gasteiger partial charge in [0.25, 0.3) is 5.91 Å². The second kappa shape index (κ2) is 7.20. The normalized spacial score (nSPS) is 22.1. The monoisotopic (exact) mass is 387 g/mol. The number of aromatic nitrogens is 1. The van der Waals surface area contributed by atoms with Crippen LogP contribution in [0.5, 0.6) is 0 Å². The molecule has 1 saturated carbocycles. The standard InChI is InChI=1S/C20H26N4O2S/c1-14(17-21-15-9-5-6-10-16(15)27-17)23(2)13-24-18(25)20(22-19(24)26)11-7-3-4-8-12-20/h5-6,9-10,14H,3-4,7-8,11-13H2,1-2H3,(H,22,26)/p+1/t14-/m1/s1. The fraction of sp³-hybridized carbons (Fsp3) is 0.550. The van der Waals surface area contributed by atoms with Crippen molar-refractivity contribution in [3.8, 4) is 0 Å². The number of nitrogens with zero attached hydrogens (tertiary/aromatic N) is 2. The number of benzene rings is 1. The summed E-state index contributed by atoms with van der Waals surface area (Å²) >= 11 is 1.68. The van der Waals surface area contributed by atoms with Gasteiger partial charge >= 0.3 is 6.03 Å². The van der Waals surface area contributed by atoms with Crippen molar-refractivity contribution in [3.05, 3.63) is 29.3 Å². The summed E-state index contributed by atoms with van der Waals surface area (Å²) in [5.74, 6) is -0.0368. The Hall–Kier alpha value is -1.99. The van der Waals surface area contributed by atoms with Gasteiger partial charge in [-0.1, -0.05) is 37.8 Å². The fourth-order valence-corrected chi connectivity index (χ4v) is 5.28. The van der Waals surface area contributed by atoms with Crippen LogP contribution in [0.1, 0.15) is 56.5 Å². The fourth-order valence-electron chi connectivity index (χ4n) is 4.16. The number of imide groups is 1. The number of thiazole rings is 1. The zero-order valence-corrected chi connectivity index (χ0v) is 16.8. The lowest BCUT2D eigenvalue weighted by molar-refractivity contribution is -0.917. The number of hydrogen-bond donors (Lipinski definition) is 2. The number of fused-ring (bicyclic) bond motifs is 1. The molecule has 2 aliphatic rings. The van der Waals surface area contributed by atoms with Crippen LogP contribution in [0.15, 0.2) is 24.3 Å². The first kappa shape index (κ1) is 18.4. The maximum absolute atomic E-state index is 13.1. The molecule has 1 unspecified atom stereocenters. The molecular weight excluding hydrogens is 360 g/mol. The molecular formula is C20H27N4O2S+. The Balaban J connectivity index is 1.49. The lowest BCUT2D eigenvalue weighted by Gasteiger charge is -2.26. The first-order valence-corrected chi connectivity index (χ1v) is 10.6.